The van der Waals surface area contributed by atoms with Gasteiger partial charge in [-0.2, -0.15) is 4.40 Å². The number of imidazole rings is 1. The van der Waals surface area contributed by atoms with E-state index >= 15 is 0 Å². The van der Waals surface area contributed by atoms with Crippen LogP contribution in [0.1, 0.15) is 5.56 Å². The summed E-state index contributed by atoms with van der Waals surface area (Å²) < 4.78 is 10.5. The van der Waals surface area contributed by atoms with Gasteiger partial charge in [0.2, 0.25) is 0 Å². The summed E-state index contributed by atoms with van der Waals surface area (Å²) in [5.74, 6) is 1.13. The second kappa shape index (κ2) is 5.60. The fraction of sp³-hybridized carbons (Fsp3) is 0.0870. The quantitative estimate of drug-likeness (QED) is 0.407. The maximum atomic E-state index is 6.18. The van der Waals surface area contributed by atoms with Gasteiger partial charge in [0.05, 0.1) is 12.6 Å². The lowest BCUT2D eigenvalue weighted by Crippen LogP contribution is -2.28. The summed E-state index contributed by atoms with van der Waals surface area (Å²) >= 11 is 0. The Labute approximate surface area is 151 Å². The van der Waals surface area contributed by atoms with E-state index in [9.17, 15) is 0 Å². The minimum atomic E-state index is 0.853. The Hall–Kier alpha value is -3.33. The van der Waals surface area contributed by atoms with E-state index in [2.05, 4.69) is 89.7 Å². The third kappa shape index (κ3) is 2.17. The van der Waals surface area contributed by atoms with Crippen molar-refractivity contribution < 1.29 is 8.98 Å². The average molecular weight is 339 g/mol. The van der Waals surface area contributed by atoms with Crippen LogP contribution >= 0.6 is 0 Å². The summed E-state index contributed by atoms with van der Waals surface area (Å²) in [6, 6.07) is 25.3. The SMILES string of the molecule is Cc1ccccc1-c1n2c(c[n+]1C)oc1cc(-c3ccccc3)ccc12. The highest BCUT2D eigenvalue weighted by molar-refractivity contribution is 5.84. The summed E-state index contributed by atoms with van der Waals surface area (Å²) in [7, 11) is 2.06. The van der Waals surface area contributed by atoms with Crippen LogP contribution in [0, 0.1) is 6.92 Å². The van der Waals surface area contributed by atoms with Crippen molar-refractivity contribution in [3.8, 4) is 22.5 Å². The lowest BCUT2D eigenvalue weighted by molar-refractivity contribution is -0.658. The van der Waals surface area contributed by atoms with Crippen molar-refractivity contribution in [2.45, 2.75) is 6.92 Å². The van der Waals surface area contributed by atoms with E-state index in [0.717, 1.165) is 28.2 Å². The Bertz CT molecular complexity index is 1250. The molecule has 0 aliphatic rings. The van der Waals surface area contributed by atoms with E-state index < -0.39 is 0 Å². The van der Waals surface area contributed by atoms with Crippen molar-refractivity contribution in [2.24, 2.45) is 7.05 Å². The molecule has 0 unspecified atom stereocenters. The summed E-state index contributed by atoms with van der Waals surface area (Å²) in [5, 5.41) is 0. The summed E-state index contributed by atoms with van der Waals surface area (Å²) in [6.07, 6.45) is 2.05. The largest absolute Gasteiger partial charge is 0.416 e. The molecule has 0 aliphatic carbocycles. The van der Waals surface area contributed by atoms with Gasteiger partial charge < -0.3 is 4.42 Å². The number of oxazole rings is 1. The van der Waals surface area contributed by atoms with Gasteiger partial charge in [0.25, 0.3) is 5.82 Å². The van der Waals surface area contributed by atoms with Gasteiger partial charge in [0, 0.05) is 0 Å². The molecule has 2 aromatic heterocycles. The summed E-state index contributed by atoms with van der Waals surface area (Å²) in [4.78, 5) is 0. The van der Waals surface area contributed by atoms with Crippen LogP contribution in [0.3, 0.4) is 0 Å². The first-order valence-electron chi connectivity index (χ1n) is 8.77. The molecule has 3 heteroatoms. The molecule has 0 radical (unpaired) electrons. The van der Waals surface area contributed by atoms with Crippen LogP contribution in [0.5, 0.6) is 0 Å². The monoisotopic (exact) mass is 339 g/mol. The smallest absolute Gasteiger partial charge is 0.336 e. The van der Waals surface area contributed by atoms with Gasteiger partial charge in [-0.1, -0.05) is 48.5 Å². The minimum Gasteiger partial charge on any atom is -0.416 e. The van der Waals surface area contributed by atoms with Crippen LogP contribution < -0.4 is 4.57 Å². The number of rotatable bonds is 2. The molecule has 5 rings (SSSR count). The molecule has 0 amide bonds. The third-order valence-corrected chi connectivity index (χ3v) is 4.98. The van der Waals surface area contributed by atoms with Crippen LogP contribution in [0.15, 0.2) is 83.4 Å². The zero-order valence-electron chi connectivity index (χ0n) is 14.8. The lowest BCUT2D eigenvalue weighted by Gasteiger charge is -2.02. The second-order valence-corrected chi connectivity index (χ2v) is 6.70. The van der Waals surface area contributed by atoms with Gasteiger partial charge in [0.15, 0.2) is 17.3 Å². The van der Waals surface area contributed by atoms with Gasteiger partial charge in [-0.15, -0.1) is 0 Å². The van der Waals surface area contributed by atoms with Gasteiger partial charge in [-0.25, -0.2) is 4.57 Å². The Balaban J connectivity index is 1.78. The molecular weight excluding hydrogens is 320 g/mol. The highest BCUT2D eigenvalue weighted by atomic mass is 16.3. The number of benzene rings is 3. The average Bonchev–Trinajstić information content (AvgIpc) is 3.16. The molecule has 0 bridgehead atoms. The van der Waals surface area contributed by atoms with E-state index in [-0.39, 0.29) is 0 Å². The number of nitrogens with zero attached hydrogens (tertiary/aromatic N) is 2. The van der Waals surface area contributed by atoms with Crippen LogP contribution in [-0.2, 0) is 7.05 Å². The normalized spacial score (nSPS) is 11.5. The van der Waals surface area contributed by atoms with Crippen molar-refractivity contribution in [2.75, 3.05) is 0 Å². The molecule has 5 aromatic rings. The standard InChI is InChI=1S/C23H19N2O/c1-16-8-6-7-11-19(16)23-24(2)15-22-25(23)20-13-12-18(14-21(20)26-22)17-9-4-3-5-10-17/h3-15H,1-2H3/q+1. The first-order chi connectivity index (χ1) is 12.7. The molecule has 0 saturated carbocycles. The summed E-state index contributed by atoms with van der Waals surface area (Å²) in [5.41, 5.74) is 7.65. The zero-order chi connectivity index (χ0) is 17.7. The number of fused-ring (bicyclic) bond motifs is 3. The van der Waals surface area contributed by atoms with Crippen molar-refractivity contribution >= 4 is 16.8 Å². The molecule has 26 heavy (non-hydrogen) atoms. The minimum absolute atomic E-state index is 0.853. The molecule has 3 aromatic carbocycles. The van der Waals surface area contributed by atoms with Crippen molar-refractivity contribution in [3.05, 3.63) is 84.6 Å². The van der Waals surface area contributed by atoms with Crippen LogP contribution in [0.4, 0.5) is 0 Å². The molecule has 0 spiro atoms. The van der Waals surface area contributed by atoms with Crippen molar-refractivity contribution in [3.63, 3.8) is 0 Å². The van der Waals surface area contributed by atoms with E-state index in [1.165, 1.54) is 16.7 Å². The second-order valence-electron chi connectivity index (χ2n) is 6.70. The van der Waals surface area contributed by atoms with Gasteiger partial charge in [-0.05, 0) is 47.9 Å². The van der Waals surface area contributed by atoms with Crippen LogP contribution in [0.25, 0.3) is 39.3 Å². The highest BCUT2D eigenvalue weighted by Crippen LogP contribution is 2.30. The number of aryl methyl sites for hydroxylation is 2. The molecule has 126 valence electrons. The molecule has 0 saturated heterocycles. The summed E-state index contributed by atoms with van der Waals surface area (Å²) in [6.45, 7) is 2.14. The Morgan fingerprint density at radius 3 is 2.42 bits per heavy atom. The number of hydrogen-bond donors (Lipinski definition) is 0. The van der Waals surface area contributed by atoms with Gasteiger partial charge >= 0.3 is 5.71 Å². The Morgan fingerprint density at radius 1 is 0.846 bits per heavy atom. The topological polar surface area (TPSA) is 21.4 Å². The van der Waals surface area contributed by atoms with Gasteiger partial charge in [-0.3, -0.25) is 0 Å². The number of aromatic nitrogens is 2. The first-order valence-corrected chi connectivity index (χ1v) is 8.77. The maximum Gasteiger partial charge on any atom is 0.336 e. The molecular formula is C23H19N2O+. The molecule has 2 heterocycles. The van der Waals surface area contributed by atoms with Gasteiger partial charge in [0.1, 0.15) is 0 Å². The fourth-order valence-corrected chi connectivity index (χ4v) is 3.69. The predicted octanol–water partition coefficient (Wildman–Crippen LogP) is 5.15. The third-order valence-electron chi connectivity index (χ3n) is 4.98. The fourth-order valence-electron chi connectivity index (χ4n) is 3.69. The van der Waals surface area contributed by atoms with E-state index in [1.807, 2.05) is 12.3 Å². The lowest BCUT2D eigenvalue weighted by atomic mass is 10.1. The predicted molar refractivity (Wildman–Crippen MR) is 104 cm³/mol. The molecule has 0 aliphatic heterocycles. The zero-order valence-corrected chi connectivity index (χ0v) is 14.8. The maximum absolute atomic E-state index is 6.18. The van der Waals surface area contributed by atoms with Crippen LogP contribution in [0.2, 0.25) is 0 Å². The molecule has 0 N–H and O–H groups in total. The molecule has 0 atom stereocenters. The van der Waals surface area contributed by atoms with E-state index in [1.54, 1.807) is 0 Å². The molecule has 0 fully saturated rings. The first kappa shape index (κ1) is 15.0. The van der Waals surface area contributed by atoms with Crippen LogP contribution in [-0.4, -0.2) is 4.40 Å². The Kier molecular flexibility index (Phi) is 3.22. The van der Waals surface area contributed by atoms with E-state index in [0.29, 0.717) is 0 Å². The molecule has 3 nitrogen and oxygen atoms in total. The Morgan fingerprint density at radius 2 is 1.62 bits per heavy atom. The van der Waals surface area contributed by atoms with Crippen molar-refractivity contribution in [1.29, 1.82) is 0 Å². The number of hydrogen-bond acceptors (Lipinski definition) is 1. The highest BCUT2D eigenvalue weighted by Gasteiger charge is 2.25. The van der Waals surface area contributed by atoms with Crippen molar-refractivity contribution in [1.82, 2.24) is 4.40 Å². The van der Waals surface area contributed by atoms with E-state index in [4.69, 9.17) is 4.42 Å².